The molecule has 0 aromatic heterocycles. The summed E-state index contributed by atoms with van der Waals surface area (Å²) in [6.45, 7) is 0. The summed E-state index contributed by atoms with van der Waals surface area (Å²) in [5.41, 5.74) is 0.509. The number of carbonyl (C=O) groups excluding carboxylic acids is 1. The third-order valence-corrected chi connectivity index (χ3v) is 4.98. The molecule has 2 nitrogen and oxygen atoms in total. The number of piperidine rings is 1. The van der Waals surface area contributed by atoms with Crippen LogP contribution >= 0.6 is 15.9 Å². The first-order valence-corrected chi connectivity index (χ1v) is 8.11. The lowest BCUT2D eigenvalue weighted by molar-refractivity contribution is -0.119. The Bertz CT molecular complexity index is 507. The lowest BCUT2D eigenvalue weighted by atomic mass is 9.87. The Morgan fingerprint density at radius 2 is 2.00 bits per heavy atom. The molecule has 1 aromatic rings. The number of carbonyl (C=O) groups is 1. The van der Waals surface area contributed by atoms with Crippen LogP contribution in [0.25, 0.3) is 0 Å². The van der Waals surface area contributed by atoms with Crippen LogP contribution in [-0.2, 0) is 11.2 Å². The van der Waals surface area contributed by atoms with E-state index >= 15 is 0 Å². The molecule has 2 aliphatic rings. The van der Waals surface area contributed by atoms with Crippen molar-refractivity contribution in [2.75, 3.05) is 0 Å². The fraction of sp³-hybridized carbons (Fsp3) is 0.562. The van der Waals surface area contributed by atoms with E-state index in [2.05, 4.69) is 21.2 Å². The molecule has 4 heteroatoms. The summed E-state index contributed by atoms with van der Waals surface area (Å²) >= 11 is 3.23. The molecule has 0 radical (unpaired) electrons. The van der Waals surface area contributed by atoms with Gasteiger partial charge in [-0.2, -0.15) is 0 Å². The molecule has 2 saturated heterocycles. The van der Waals surface area contributed by atoms with Crippen molar-refractivity contribution in [1.82, 2.24) is 5.32 Å². The van der Waals surface area contributed by atoms with E-state index in [1.807, 2.05) is 0 Å². The first-order chi connectivity index (χ1) is 9.60. The predicted molar refractivity (Wildman–Crippen MR) is 80.1 cm³/mol. The van der Waals surface area contributed by atoms with Crippen molar-refractivity contribution in [3.05, 3.63) is 34.1 Å². The number of hydrogen-bond acceptors (Lipinski definition) is 2. The van der Waals surface area contributed by atoms with Crippen molar-refractivity contribution >= 4 is 21.7 Å². The van der Waals surface area contributed by atoms with E-state index in [1.54, 1.807) is 12.1 Å². The maximum absolute atomic E-state index is 13.7. The number of Topliss-reactive ketones (excluding diaryl/α,β-unsaturated/α-hetero) is 1. The van der Waals surface area contributed by atoms with E-state index in [9.17, 15) is 9.18 Å². The molecular formula is C16H19BrFNO. The Labute approximate surface area is 127 Å². The van der Waals surface area contributed by atoms with Crippen molar-refractivity contribution in [3.8, 4) is 0 Å². The Kier molecular flexibility index (Phi) is 4.22. The van der Waals surface area contributed by atoms with E-state index in [4.69, 9.17) is 0 Å². The molecule has 2 atom stereocenters. The Morgan fingerprint density at radius 3 is 2.65 bits per heavy atom. The van der Waals surface area contributed by atoms with E-state index in [1.165, 1.54) is 18.9 Å². The fourth-order valence-electron chi connectivity index (χ4n) is 3.61. The summed E-state index contributed by atoms with van der Waals surface area (Å²) in [5, 5.41) is 3.58. The van der Waals surface area contributed by atoms with Gasteiger partial charge in [-0.25, -0.2) is 4.39 Å². The van der Waals surface area contributed by atoms with Crippen molar-refractivity contribution in [2.45, 2.75) is 50.6 Å². The van der Waals surface area contributed by atoms with Gasteiger partial charge in [0.15, 0.2) is 0 Å². The highest BCUT2D eigenvalue weighted by Crippen LogP contribution is 2.33. The molecule has 2 bridgehead atoms. The second-order valence-corrected chi connectivity index (χ2v) is 7.05. The summed E-state index contributed by atoms with van der Waals surface area (Å²) in [5.74, 6) is 0.357. The lowest BCUT2D eigenvalue weighted by Gasteiger charge is -2.28. The number of benzene rings is 1. The minimum atomic E-state index is -0.293. The SMILES string of the molecule is O=C(Cc1ccc(Br)cc1F)CC1CC2CCC(C1)N2. The molecule has 2 heterocycles. The van der Waals surface area contributed by atoms with Crippen LogP contribution in [0.2, 0.25) is 0 Å². The molecule has 2 fully saturated rings. The van der Waals surface area contributed by atoms with Gasteiger partial charge in [-0.1, -0.05) is 22.0 Å². The van der Waals surface area contributed by atoms with Gasteiger partial charge in [0, 0.05) is 29.4 Å². The number of ketones is 1. The molecule has 1 N–H and O–H groups in total. The average Bonchev–Trinajstić information content (AvgIpc) is 2.72. The first-order valence-electron chi connectivity index (χ1n) is 7.32. The van der Waals surface area contributed by atoms with Crippen LogP contribution in [0.15, 0.2) is 22.7 Å². The topological polar surface area (TPSA) is 29.1 Å². The van der Waals surface area contributed by atoms with Gasteiger partial charge in [0.1, 0.15) is 11.6 Å². The van der Waals surface area contributed by atoms with Crippen LogP contribution in [-0.4, -0.2) is 17.9 Å². The van der Waals surface area contributed by atoms with Gasteiger partial charge >= 0.3 is 0 Å². The molecule has 108 valence electrons. The van der Waals surface area contributed by atoms with Crippen LogP contribution in [0, 0.1) is 11.7 Å². The molecule has 2 unspecified atom stereocenters. The molecule has 2 aliphatic heterocycles. The van der Waals surface area contributed by atoms with Gasteiger partial charge in [0.05, 0.1) is 0 Å². The number of halogens is 2. The van der Waals surface area contributed by atoms with Crippen LogP contribution < -0.4 is 5.32 Å². The van der Waals surface area contributed by atoms with Crippen molar-refractivity contribution < 1.29 is 9.18 Å². The van der Waals surface area contributed by atoms with Gasteiger partial charge in [-0.15, -0.1) is 0 Å². The van der Waals surface area contributed by atoms with Gasteiger partial charge in [-0.3, -0.25) is 4.79 Å². The molecular weight excluding hydrogens is 321 g/mol. The van der Waals surface area contributed by atoms with Crippen LogP contribution in [0.3, 0.4) is 0 Å². The smallest absolute Gasteiger partial charge is 0.137 e. The molecule has 1 aromatic carbocycles. The third-order valence-electron chi connectivity index (χ3n) is 4.49. The number of nitrogens with one attached hydrogen (secondary N) is 1. The second kappa shape index (κ2) is 5.94. The number of fused-ring (bicyclic) bond motifs is 2. The Hall–Kier alpha value is -0.740. The maximum atomic E-state index is 13.7. The fourth-order valence-corrected chi connectivity index (χ4v) is 3.95. The van der Waals surface area contributed by atoms with Crippen molar-refractivity contribution in [1.29, 1.82) is 0 Å². The molecule has 0 aliphatic carbocycles. The average molecular weight is 340 g/mol. The maximum Gasteiger partial charge on any atom is 0.137 e. The van der Waals surface area contributed by atoms with Crippen molar-refractivity contribution in [3.63, 3.8) is 0 Å². The predicted octanol–water partition coefficient (Wildman–Crippen LogP) is 3.62. The Balaban J connectivity index is 1.57. The van der Waals surface area contributed by atoms with Gasteiger partial charge in [-0.05, 0) is 49.3 Å². The summed E-state index contributed by atoms with van der Waals surface area (Å²) in [4.78, 5) is 12.2. The summed E-state index contributed by atoms with van der Waals surface area (Å²) in [7, 11) is 0. The van der Waals surface area contributed by atoms with E-state index in [-0.39, 0.29) is 18.0 Å². The van der Waals surface area contributed by atoms with Gasteiger partial charge < -0.3 is 5.32 Å². The standard InChI is InChI=1S/C16H19BrFNO/c17-12-2-1-11(16(18)9-12)8-15(20)7-10-5-13-3-4-14(6-10)19-13/h1-2,9-10,13-14,19H,3-8H2. The highest BCUT2D eigenvalue weighted by Gasteiger charge is 2.34. The third kappa shape index (κ3) is 3.29. The normalized spacial score (nSPS) is 28.6. The zero-order valence-corrected chi connectivity index (χ0v) is 13.0. The van der Waals surface area contributed by atoms with E-state index < -0.39 is 0 Å². The zero-order valence-electron chi connectivity index (χ0n) is 11.4. The van der Waals surface area contributed by atoms with Crippen LogP contribution in [0.5, 0.6) is 0 Å². The van der Waals surface area contributed by atoms with Crippen LogP contribution in [0.1, 0.15) is 37.7 Å². The second-order valence-electron chi connectivity index (χ2n) is 6.13. The van der Waals surface area contributed by atoms with Gasteiger partial charge in [0.2, 0.25) is 0 Å². The monoisotopic (exact) mass is 339 g/mol. The zero-order chi connectivity index (χ0) is 14.1. The number of rotatable bonds is 4. The molecule has 0 spiro atoms. The lowest BCUT2D eigenvalue weighted by Crippen LogP contribution is -2.38. The minimum Gasteiger partial charge on any atom is -0.311 e. The molecule has 0 saturated carbocycles. The van der Waals surface area contributed by atoms with Gasteiger partial charge in [0.25, 0.3) is 0 Å². The highest BCUT2D eigenvalue weighted by molar-refractivity contribution is 9.10. The molecule has 0 amide bonds. The summed E-state index contributed by atoms with van der Waals surface area (Å²) in [6.07, 6.45) is 5.52. The molecule has 20 heavy (non-hydrogen) atoms. The highest BCUT2D eigenvalue weighted by atomic mass is 79.9. The first kappa shape index (κ1) is 14.2. The minimum absolute atomic E-state index is 0.164. The Morgan fingerprint density at radius 1 is 1.30 bits per heavy atom. The summed E-state index contributed by atoms with van der Waals surface area (Å²) < 4.78 is 14.4. The largest absolute Gasteiger partial charge is 0.311 e. The van der Waals surface area contributed by atoms with E-state index in [0.717, 1.165) is 12.8 Å². The van der Waals surface area contributed by atoms with Crippen molar-refractivity contribution in [2.24, 2.45) is 5.92 Å². The number of hydrogen-bond donors (Lipinski definition) is 1. The summed E-state index contributed by atoms with van der Waals surface area (Å²) in [6, 6.07) is 6.12. The van der Waals surface area contributed by atoms with E-state index in [0.29, 0.717) is 34.5 Å². The van der Waals surface area contributed by atoms with Crippen LogP contribution in [0.4, 0.5) is 4.39 Å². The molecule has 3 rings (SSSR count). The quantitative estimate of drug-likeness (QED) is 0.907.